The summed E-state index contributed by atoms with van der Waals surface area (Å²) in [5.74, 6) is 2.52. The highest BCUT2D eigenvalue weighted by Crippen LogP contribution is 2.26. The van der Waals surface area contributed by atoms with Crippen LogP contribution in [0.1, 0.15) is 24.8 Å². The van der Waals surface area contributed by atoms with Gasteiger partial charge in [0.15, 0.2) is 0 Å². The van der Waals surface area contributed by atoms with Crippen LogP contribution in [0.15, 0.2) is 18.2 Å². The number of rotatable bonds is 10. The average Bonchev–Trinajstić information content (AvgIpc) is 2.69. The molecule has 0 aliphatic carbocycles. The van der Waals surface area contributed by atoms with Crippen LogP contribution in [-0.2, 0) is 16.0 Å². The fourth-order valence-corrected chi connectivity index (χ4v) is 3.33. The molecule has 1 aliphatic rings. The van der Waals surface area contributed by atoms with Gasteiger partial charge in [-0.15, -0.1) is 12.4 Å². The van der Waals surface area contributed by atoms with Crippen LogP contribution in [0.4, 0.5) is 0 Å². The number of nitrogens with one attached hydrogen (secondary N) is 1. The van der Waals surface area contributed by atoms with Gasteiger partial charge in [-0.1, -0.05) is 0 Å². The van der Waals surface area contributed by atoms with Crippen LogP contribution >= 0.6 is 12.4 Å². The van der Waals surface area contributed by atoms with Gasteiger partial charge in [0.25, 0.3) is 0 Å². The van der Waals surface area contributed by atoms with Crippen molar-refractivity contribution in [2.45, 2.75) is 25.7 Å². The molecule has 0 spiro atoms. The average molecular weight is 401 g/mol. The molecular formula is C20H33ClN2O4. The zero-order valence-corrected chi connectivity index (χ0v) is 17.5. The predicted molar refractivity (Wildman–Crippen MR) is 109 cm³/mol. The number of hydrogen-bond acceptors (Lipinski definition) is 5. The second-order valence-electron chi connectivity index (χ2n) is 6.75. The molecule has 2 rings (SSSR count). The number of hydrogen-bond donors (Lipinski definition) is 1. The highest BCUT2D eigenvalue weighted by Gasteiger charge is 2.22. The molecule has 0 bridgehead atoms. The quantitative estimate of drug-likeness (QED) is 0.611. The first-order chi connectivity index (χ1) is 12.7. The summed E-state index contributed by atoms with van der Waals surface area (Å²) in [6.07, 6.45) is 4.28. The largest absolute Gasteiger partial charge is 0.497 e. The van der Waals surface area contributed by atoms with Crippen LogP contribution in [0, 0.1) is 5.92 Å². The van der Waals surface area contributed by atoms with E-state index in [1.54, 1.807) is 21.3 Å². The third-order valence-electron chi connectivity index (χ3n) is 4.98. The summed E-state index contributed by atoms with van der Waals surface area (Å²) in [6, 6.07) is 6.05. The molecule has 1 saturated heterocycles. The van der Waals surface area contributed by atoms with E-state index in [2.05, 4.69) is 17.4 Å². The lowest BCUT2D eigenvalue weighted by molar-refractivity contribution is -0.131. The topological polar surface area (TPSA) is 60.0 Å². The van der Waals surface area contributed by atoms with E-state index in [4.69, 9.17) is 14.2 Å². The van der Waals surface area contributed by atoms with Gasteiger partial charge in [-0.2, -0.15) is 0 Å². The van der Waals surface area contributed by atoms with E-state index in [-0.39, 0.29) is 18.3 Å². The Morgan fingerprint density at radius 2 is 1.74 bits per heavy atom. The lowest BCUT2D eigenvalue weighted by Gasteiger charge is -2.32. The molecule has 7 heteroatoms. The van der Waals surface area contributed by atoms with Gasteiger partial charge in [-0.05, 0) is 49.3 Å². The highest BCUT2D eigenvalue weighted by atomic mass is 35.5. The molecule has 1 fully saturated rings. The zero-order chi connectivity index (χ0) is 18.8. The molecular weight excluding hydrogens is 368 g/mol. The molecule has 0 atom stereocenters. The Labute approximate surface area is 168 Å². The summed E-state index contributed by atoms with van der Waals surface area (Å²) >= 11 is 0. The Balaban J connectivity index is 0.00000364. The number of carbonyl (C=O) groups excluding carboxylic acids is 1. The Bertz CT molecular complexity index is 541. The van der Waals surface area contributed by atoms with Crippen LogP contribution in [-0.4, -0.2) is 64.9 Å². The Morgan fingerprint density at radius 1 is 1.11 bits per heavy atom. The minimum atomic E-state index is 0. The van der Waals surface area contributed by atoms with Crippen molar-refractivity contribution in [2.75, 3.05) is 54.1 Å². The lowest BCUT2D eigenvalue weighted by atomic mass is 9.90. The fraction of sp³-hybridized carbons (Fsp3) is 0.650. The van der Waals surface area contributed by atoms with E-state index in [9.17, 15) is 4.79 Å². The van der Waals surface area contributed by atoms with Gasteiger partial charge >= 0.3 is 0 Å². The molecule has 0 unspecified atom stereocenters. The number of halogens is 1. The Morgan fingerprint density at radius 3 is 2.30 bits per heavy atom. The summed E-state index contributed by atoms with van der Waals surface area (Å²) in [5.41, 5.74) is 1.24. The van der Waals surface area contributed by atoms with Gasteiger partial charge in [-0.3, -0.25) is 4.79 Å². The molecule has 0 aromatic heterocycles. The molecule has 1 N–H and O–H groups in total. The molecule has 1 aromatic rings. The van der Waals surface area contributed by atoms with E-state index in [0.717, 1.165) is 50.3 Å². The predicted octanol–water partition coefficient (Wildman–Crippen LogP) is 2.53. The van der Waals surface area contributed by atoms with Crippen molar-refractivity contribution in [3.63, 3.8) is 0 Å². The van der Waals surface area contributed by atoms with Crippen molar-refractivity contribution >= 4 is 18.3 Å². The van der Waals surface area contributed by atoms with E-state index in [1.165, 1.54) is 5.56 Å². The van der Waals surface area contributed by atoms with Gasteiger partial charge in [-0.25, -0.2) is 0 Å². The number of methoxy groups -OCH3 is 3. The monoisotopic (exact) mass is 400 g/mol. The van der Waals surface area contributed by atoms with Crippen LogP contribution in [0.3, 0.4) is 0 Å². The van der Waals surface area contributed by atoms with E-state index >= 15 is 0 Å². The van der Waals surface area contributed by atoms with Gasteiger partial charge < -0.3 is 24.4 Å². The smallest absolute Gasteiger partial charge is 0.236 e. The summed E-state index contributed by atoms with van der Waals surface area (Å²) < 4.78 is 15.7. The normalized spacial score (nSPS) is 14.6. The van der Waals surface area contributed by atoms with Crippen LogP contribution in [0.25, 0.3) is 0 Å². The van der Waals surface area contributed by atoms with Crippen molar-refractivity contribution in [1.82, 2.24) is 10.2 Å². The maximum atomic E-state index is 12.2. The Hall–Kier alpha value is -1.50. The number of piperidine rings is 1. The minimum absolute atomic E-state index is 0. The number of ether oxygens (including phenoxy) is 3. The third kappa shape index (κ3) is 7.95. The minimum Gasteiger partial charge on any atom is -0.497 e. The standard InChI is InChI=1S/C20H32N2O4.ClH/c1-24-11-8-21-15-20(23)22-9-6-16(7-10-22)4-5-17-12-18(25-2)14-19(13-17)26-3;/h12-14,16,21H,4-11,15H2,1-3H3;1H. The molecule has 1 heterocycles. The number of amides is 1. The van der Waals surface area contributed by atoms with Crippen LogP contribution < -0.4 is 14.8 Å². The first-order valence-electron chi connectivity index (χ1n) is 9.35. The zero-order valence-electron chi connectivity index (χ0n) is 16.7. The molecule has 1 aliphatic heterocycles. The van der Waals surface area contributed by atoms with Crippen molar-refractivity contribution in [2.24, 2.45) is 5.92 Å². The fourth-order valence-electron chi connectivity index (χ4n) is 3.33. The third-order valence-corrected chi connectivity index (χ3v) is 4.98. The maximum Gasteiger partial charge on any atom is 0.236 e. The number of aryl methyl sites for hydroxylation is 1. The summed E-state index contributed by atoms with van der Waals surface area (Å²) in [6.45, 7) is 3.46. The molecule has 0 radical (unpaired) electrons. The second-order valence-corrected chi connectivity index (χ2v) is 6.75. The van der Waals surface area contributed by atoms with Gasteiger partial charge in [0, 0.05) is 32.8 Å². The molecule has 1 aromatic carbocycles. The second kappa shape index (κ2) is 12.8. The van der Waals surface area contributed by atoms with Crippen molar-refractivity contribution in [3.8, 4) is 11.5 Å². The van der Waals surface area contributed by atoms with E-state index in [0.29, 0.717) is 25.6 Å². The van der Waals surface area contributed by atoms with Gasteiger partial charge in [0.1, 0.15) is 11.5 Å². The summed E-state index contributed by atoms with van der Waals surface area (Å²) in [4.78, 5) is 14.2. The molecule has 0 saturated carbocycles. The number of benzene rings is 1. The number of carbonyl (C=O) groups is 1. The molecule has 154 valence electrons. The van der Waals surface area contributed by atoms with E-state index in [1.807, 2.05) is 11.0 Å². The SMILES string of the molecule is COCCNCC(=O)N1CCC(CCc2cc(OC)cc(OC)c2)CC1.Cl. The van der Waals surface area contributed by atoms with Crippen LogP contribution in [0.5, 0.6) is 11.5 Å². The molecule has 6 nitrogen and oxygen atoms in total. The number of nitrogens with zero attached hydrogens (tertiary/aromatic N) is 1. The first-order valence-corrected chi connectivity index (χ1v) is 9.35. The van der Waals surface area contributed by atoms with Gasteiger partial charge in [0.2, 0.25) is 5.91 Å². The van der Waals surface area contributed by atoms with Gasteiger partial charge in [0.05, 0.1) is 27.4 Å². The first kappa shape index (κ1) is 23.5. The van der Waals surface area contributed by atoms with E-state index < -0.39 is 0 Å². The number of likely N-dealkylation sites (tertiary alicyclic amines) is 1. The Kier molecular flexibility index (Phi) is 11.2. The highest BCUT2D eigenvalue weighted by molar-refractivity contribution is 5.85. The van der Waals surface area contributed by atoms with Crippen molar-refractivity contribution < 1.29 is 19.0 Å². The lowest BCUT2D eigenvalue weighted by Crippen LogP contribution is -2.43. The maximum absolute atomic E-state index is 12.2. The van der Waals surface area contributed by atoms with Crippen LogP contribution in [0.2, 0.25) is 0 Å². The molecule has 27 heavy (non-hydrogen) atoms. The van der Waals surface area contributed by atoms with Crippen molar-refractivity contribution in [3.05, 3.63) is 23.8 Å². The summed E-state index contributed by atoms with van der Waals surface area (Å²) in [7, 11) is 5.01. The molecule has 1 amide bonds. The summed E-state index contributed by atoms with van der Waals surface area (Å²) in [5, 5.41) is 3.12. The van der Waals surface area contributed by atoms with Crippen molar-refractivity contribution in [1.29, 1.82) is 0 Å².